The van der Waals surface area contributed by atoms with Crippen LogP contribution in [0.5, 0.6) is 0 Å². The van der Waals surface area contributed by atoms with Crippen molar-refractivity contribution in [2.45, 2.75) is 70.1 Å². The summed E-state index contributed by atoms with van der Waals surface area (Å²) in [5.74, 6) is 0.706. The number of aliphatic hydroxyl groups excluding tert-OH is 1. The van der Waals surface area contributed by atoms with Crippen LogP contribution < -0.4 is 5.32 Å². The minimum atomic E-state index is -0.759. The maximum absolute atomic E-state index is 12.5. The Kier molecular flexibility index (Phi) is 6.89. The second kappa shape index (κ2) is 8.47. The van der Waals surface area contributed by atoms with Crippen molar-refractivity contribution in [3.05, 3.63) is 0 Å². The molecule has 3 atom stereocenters. The van der Waals surface area contributed by atoms with E-state index in [2.05, 4.69) is 12.2 Å². The predicted octanol–water partition coefficient (Wildman–Crippen LogP) is 2.26. The number of rotatable bonds is 5. The fourth-order valence-corrected chi connectivity index (χ4v) is 5.17. The van der Waals surface area contributed by atoms with Gasteiger partial charge in [0, 0.05) is 47.5 Å². The van der Waals surface area contributed by atoms with E-state index in [0.29, 0.717) is 5.75 Å². The van der Waals surface area contributed by atoms with Crippen LogP contribution >= 0.6 is 0 Å². The predicted molar refractivity (Wildman–Crippen MR) is 93.9 cm³/mol. The third-order valence-corrected chi connectivity index (χ3v) is 7.55. The molecule has 1 saturated heterocycles. The Morgan fingerprint density at radius 2 is 2.00 bits per heavy atom. The smallest absolute Gasteiger partial charge is 0.317 e. The molecule has 0 radical (unpaired) electrons. The lowest BCUT2D eigenvalue weighted by atomic mass is 9.77. The van der Waals surface area contributed by atoms with Gasteiger partial charge >= 0.3 is 6.03 Å². The molecule has 0 spiro atoms. The highest BCUT2D eigenvalue weighted by atomic mass is 32.2. The lowest BCUT2D eigenvalue weighted by molar-refractivity contribution is 0.0512. The molecule has 0 aromatic carbocycles. The number of carbonyl (C=O) groups is 1. The van der Waals surface area contributed by atoms with Crippen LogP contribution in [0.3, 0.4) is 0 Å². The van der Waals surface area contributed by atoms with Crippen molar-refractivity contribution >= 4 is 16.8 Å². The second-order valence-electron chi connectivity index (χ2n) is 7.10. The molecule has 1 heterocycles. The summed E-state index contributed by atoms with van der Waals surface area (Å²) in [5, 5.41) is 13.0. The molecule has 0 aromatic heterocycles. The number of nitrogens with zero attached hydrogens (tertiary/aromatic N) is 1. The van der Waals surface area contributed by atoms with E-state index in [4.69, 9.17) is 0 Å². The van der Waals surface area contributed by atoms with Gasteiger partial charge in [-0.15, -0.1) is 0 Å². The first-order valence-electron chi connectivity index (χ1n) is 9.07. The minimum absolute atomic E-state index is 0.00470. The highest BCUT2D eigenvalue weighted by Crippen LogP contribution is 2.34. The third-order valence-electron chi connectivity index (χ3n) is 5.81. The Hall–Kier alpha value is -0.620. The zero-order valence-electron chi connectivity index (χ0n) is 14.6. The first-order chi connectivity index (χ1) is 11.0. The summed E-state index contributed by atoms with van der Waals surface area (Å²) in [7, 11) is -0.759. The number of aliphatic hydroxyl groups is 1. The Balaban J connectivity index is 1.82. The monoisotopic (exact) mass is 344 g/mol. The SMILES string of the molecule is CCS(=O)C1CCCC(NC(=O)N2CCC(CC)(CO)CC2)C1. The van der Waals surface area contributed by atoms with E-state index in [1.54, 1.807) is 0 Å². The van der Waals surface area contributed by atoms with Gasteiger partial charge in [-0.1, -0.05) is 20.3 Å². The van der Waals surface area contributed by atoms with Gasteiger partial charge in [-0.05, 0) is 43.9 Å². The van der Waals surface area contributed by atoms with E-state index < -0.39 is 10.8 Å². The van der Waals surface area contributed by atoms with Crippen molar-refractivity contribution in [3.8, 4) is 0 Å². The molecule has 134 valence electrons. The van der Waals surface area contributed by atoms with Crippen LogP contribution in [-0.4, -0.2) is 57.0 Å². The number of amides is 2. The lowest BCUT2D eigenvalue weighted by Gasteiger charge is -2.41. The molecule has 1 aliphatic carbocycles. The molecule has 0 aromatic rings. The molecular weight excluding hydrogens is 312 g/mol. The van der Waals surface area contributed by atoms with Crippen LogP contribution in [0.4, 0.5) is 4.79 Å². The summed E-state index contributed by atoms with van der Waals surface area (Å²) in [6.45, 7) is 5.73. The highest BCUT2D eigenvalue weighted by molar-refractivity contribution is 7.85. The third kappa shape index (κ3) is 4.69. The molecule has 1 saturated carbocycles. The largest absolute Gasteiger partial charge is 0.396 e. The zero-order chi connectivity index (χ0) is 16.9. The van der Waals surface area contributed by atoms with E-state index in [1.807, 2.05) is 11.8 Å². The second-order valence-corrected chi connectivity index (χ2v) is 9.11. The van der Waals surface area contributed by atoms with Crippen molar-refractivity contribution in [2.24, 2.45) is 5.41 Å². The van der Waals surface area contributed by atoms with Gasteiger partial charge in [0.15, 0.2) is 0 Å². The summed E-state index contributed by atoms with van der Waals surface area (Å²) < 4.78 is 12.0. The molecule has 2 aliphatic rings. The van der Waals surface area contributed by atoms with E-state index in [0.717, 1.165) is 58.0 Å². The van der Waals surface area contributed by atoms with Gasteiger partial charge in [0.25, 0.3) is 0 Å². The van der Waals surface area contributed by atoms with Crippen LogP contribution in [0.15, 0.2) is 0 Å². The number of urea groups is 1. The fourth-order valence-electron chi connectivity index (χ4n) is 3.82. The van der Waals surface area contributed by atoms with Crippen LogP contribution in [-0.2, 0) is 10.8 Å². The lowest BCUT2D eigenvalue weighted by Crippen LogP contribution is -2.51. The fraction of sp³-hybridized carbons (Fsp3) is 0.941. The Morgan fingerprint density at radius 3 is 2.57 bits per heavy atom. The van der Waals surface area contributed by atoms with E-state index in [-0.39, 0.29) is 29.3 Å². The average Bonchev–Trinajstić information content (AvgIpc) is 2.61. The molecule has 1 aliphatic heterocycles. The van der Waals surface area contributed by atoms with Crippen molar-refractivity contribution < 1.29 is 14.1 Å². The van der Waals surface area contributed by atoms with Crippen molar-refractivity contribution in [1.82, 2.24) is 10.2 Å². The molecule has 23 heavy (non-hydrogen) atoms. The first kappa shape index (κ1) is 18.7. The maximum Gasteiger partial charge on any atom is 0.317 e. The number of carbonyl (C=O) groups excluding carboxylic acids is 1. The number of likely N-dealkylation sites (tertiary alicyclic amines) is 1. The average molecular weight is 345 g/mol. The van der Waals surface area contributed by atoms with Crippen LogP contribution in [0.25, 0.3) is 0 Å². The summed E-state index contributed by atoms with van der Waals surface area (Å²) in [5.41, 5.74) is 0.00470. The van der Waals surface area contributed by atoms with Crippen molar-refractivity contribution in [2.75, 3.05) is 25.4 Å². The van der Waals surface area contributed by atoms with Gasteiger partial charge in [-0.25, -0.2) is 4.79 Å². The van der Waals surface area contributed by atoms with Gasteiger partial charge in [0.2, 0.25) is 0 Å². The van der Waals surface area contributed by atoms with Gasteiger partial charge in [-0.2, -0.15) is 0 Å². The maximum atomic E-state index is 12.5. The van der Waals surface area contributed by atoms with Gasteiger partial charge in [0.05, 0.1) is 0 Å². The molecule has 2 amide bonds. The summed E-state index contributed by atoms with van der Waals surface area (Å²) >= 11 is 0. The molecule has 0 bridgehead atoms. The molecule has 5 nitrogen and oxygen atoms in total. The Morgan fingerprint density at radius 1 is 1.30 bits per heavy atom. The topological polar surface area (TPSA) is 69.6 Å². The van der Waals surface area contributed by atoms with Gasteiger partial charge in [-0.3, -0.25) is 4.21 Å². The number of piperidine rings is 1. The molecule has 2 N–H and O–H groups in total. The van der Waals surface area contributed by atoms with Crippen molar-refractivity contribution in [3.63, 3.8) is 0 Å². The van der Waals surface area contributed by atoms with Crippen LogP contribution in [0.1, 0.15) is 58.8 Å². The number of hydrogen-bond acceptors (Lipinski definition) is 3. The summed E-state index contributed by atoms with van der Waals surface area (Å²) in [6.07, 6.45) is 6.62. The standard InChI is InChI=1S/C17H32N2O3S/c1-3-17(13-20)8-10-19(11-9-17)16(21)18-14-6-5-7-15(12-14)23(22)4-2/h14-15,20H,3-13H2,1-2H3,(H,18,21). The van der Waals surface area contributed by atoms with Gasteiger partial charge < -0.3 is 15.3 Å². The molecule has 6 heteroatoms. The van der Waals surface area contributed by atoms with E-state index in [1.165, 1.54) is 0 Å². The van der Waals surface area contributed by atoms with E-state index in [9.17, 15) is 14.1 Å². The zero-order valence-corrected chi connectivity index (χ0v) is 15.4. The van der Waals surface area contributed by atoms with E-state index >= 15 is 0 Å². The van der Waals surface area contributed by atoms with Crippen molar-refractivity contribution in [1.29, 1.82) is 0 Å². The summed E-state index contributed by atoms with van der Waals surface area (Å²) in [4.78, 5) is 14.4. The van der Waals surface area contributed by atoms with Gasteiger partial charge in [0.1, 0.15) is 0 Å². The quantitative estimate of drug-likeness (QED) is 0.804. The molecular formula is C17H32N2O3S. The molecule has 2 rings (SSSR count). The number of hydrogen-bond donors (Lipinski definition) is 2. The first-order valence-corrected chi connectivity index (χ1v) is 10.4. The Bertz CT molecular complexity index is 416. The minimum Gasteiger partial charge on any atom is -0.396 e. The number of nitrogens with one attached hydrogen (secondary N) is 1. The molecule has 3 unspecified atom stereocenters. The molecule has 2 fully saturated rings. The van der Waals surface area contributed by atoms with Crippen LogP contribution in [0.2, 0.25) is 0 Å². The Labute approximate surface area is 142 Å². The highest BCUT2D eigenvalue weighted by Gasteiger charge is 2.35. The normalized spacial score (nSPS) is 29.1. The summed E-state index contributed by atoms with van der Waals surface area (Å²) in [6, 6.07) is 0.174. The van der Waals surface area contributed by atoms with Crippen LogP contribution in [0, 0.1) is 5.41 Å².